The number of hydrogen-bond donors (Lipinski definition) is 3. The Kier molecular flexibility index (Phi) is 6.07. The second-order valence-electron chi connectivity index (χ2n) is 5.10. The van der Waals surface area contributed by atoms with E-state index in [1.54, 1.807) is 0 Å². The molecule has 6 nitrogen and oxygen atoms in total. The zero-order valence-electron chi connectivity index (χ0n) is 11.0. The molecule has 0 bridgehead atoms. The summed E-state index contributed by atoms with van der Waals surface area (Å²) in [6.45, 7) is 4.07. The van der Waals surface area contributed by atoms with Crippen LogP contribution in [0.4, 0.5) is 0 Å². The first-order valence-corrected chi connectivity index (χ1v) is 6.54. The number of piperidine rings is 1. The molecule has 5 N–H and O–H groups in total. The van der Waals surface area contributed by atoms with E-state index < -0.39 is 0 Å². The average molecular weight is 256 g/mol. The summed E-state index contributed by atoms with van der Waals surface area (Å²) in [4.78, 5) is 24.3. The largest absolute Gasteiger partial charge is 0.370 e. The number of hydrazine groups is 1. The van der Waals surface area contributed by atoms with Gasteiger partial charge in [-0.15, -0.1) is 0 Å². The molecular formula is C12H24N4O2. The standard InChI is InChI=1S/C12H24N4O2/c1-9(2-3-12(18)15-14)16-6-4-10(5-7-16)8-11(13)17/h9-10H,2-8,14H2,1H3,(H2,13,17)(H,15,18). The van der Waals surface area contributed by atoms with E-state index in [-0.39, 0.29) is 11.8 Å². The van der Waals surface area contributed by atoms with Crippen LogP contribution in [0.1, 0.15) is 39.0 Å². The van der Waals surface area contributed by atoms with E-state index in [0.717, 1.165) is 32.4 Å². The van der Waals surface area contributed by atoms with Crippen molar-refractivity contribution in [2.24, 2.45) is 17.5 Å². The number of hydrogen-bond acceptors (Lipinski definition) is 4. The maximum Gasteiger partial charge on any atom is 0.233 e. The van der Waals surface area contributed by atoms with Gasteiger partial charge in [0.15, 0.2) is 0 Å². The molecule has 1 aliphatic rings. The third-order valence-electron chi connectivity index (χ3n) is 3.71. The van der Waals surface area contributed by atoms with Crippen molar-refractivity contribution in [2.75, 3.05) is 13.1 Å². The third kappa shape index (κ3) is 5.01. The lowest BCUT2D eigenvalue weighted by molar-refractivity contribution is -0.122. The van der Waals surface area contributed by atoms with E-state index in [4.69, 9.17) is 11.6 Å². The van der Waals surface area contributed by atoms with E-state index >= 15 is 0 Å². The summed E-state index contributed by atoms with van der Waals surface area (Å²) < 4.78 is 0. The Morgan fingerprint density at radius 1 is 1.39 bits per heavy atom. The molecule has 1 unspecified atom stereocenters. The van der Waals surface area contributed by atoms with E-state index in [0.29, 0.717) is 24.8 Å². The Hall–Kier alpha value is -1.14. The van der Waals surface area contributed by atoms with Gasteiger partial charge in [0, 0.05) is 18.9 Å². The summed E-state index contributed by atoms with van der Waals surface area (Å²) in [6.07, 6.45) is 3.78. The molecule has 0 aromatic carbocycles. The van der Waals surface area contributed by atoms with Gasteiger partial charge in [-0.3, -0.25) is 15.0 Å². The first-order chi connectivity index (χ1) is 8.52. The molecule has 1 aliphatic heterocycles. The van der Waals surface area contributed by atoms with Gasteiger partial charge in [-0.25, -0.2) is 5.84 Å². The normalized spacial score (nSPS) is 19.4. The smallest absolute Gasteiger partial charge is 0.233 e. The van der Waals surface area contributed by atoms with Gasteiger partial charge in [-0.05, 0) is 45.2 Å². The molecule has 0 spiro atoms. The summed E-state index contributed by atoms with van der Waals surface area (Å²) in [5, 5.41) is 0. The van der Waals surface area contributed by atoms with Crippen LogP contribution in [0.15, 0.2) is 0 Å². The molecule has 0 saturated carbocycles. The Morgan fingerprint density at radius 3 is 2.50 bits per heavy atom. The highest BCUT2D eigenvalue weighted by molar-refractivity contribution is 5.75. The van der Waals surface area contributed by atoms with Crippen molar-refractivity contribution < 1.29 is 9.59 Å². The van der Waals surface area contributed by atoms with Crippen LogP contribution in [-0.2, 0) is 9.59 Å². The maximum atomic E-state index is 11.1. The van der Waals surface area contributed by atoms with Gasteiger partial charge in [0.1, 0.15) is 0 Å². The predicted molar refractivity (Wildman–Crippen MR) is 69.1 cm³/mol. The minimum atomic E-state index is -0.207. The molecule has 1 fully saturated rings. The number of nitrogens with zero attached hydrogens (tertiary/aromatic N) is 1. The van der Waals surface area contributed by atoms with Crippen LogP contribution in [0.25, 0.3) is 0 Å². The van der Waals surface area contributed by atoms with Crippen LogP contribution in [0.3, 0.4) is 0 Å². The van der Waals surface area contributed by atoms with Crippen LogP contribution in [0, 0.1) is 5.92 Å². The highest BCUT2D eigenvalue weighted by Gasteiger charge is 2.23. The molecule has 0 aromatic rings. The fourth-order valence-corrected chi connectivity index (χ4v) is 2.48. The summed E-state index contributed by atoms with van der Waals surface area (Å²) in [5.74, 6) is 5.15. The molecule has 1 saturated heterocycles. The monoisotopic (exact) mass is 256 g/mol. The molecule has 0 aromatic heterocycles. The van der Waals surface area contributed by atoms with Crippen molar-refractivity contribution in [2.45, 2.75) is 45.1 Å². The molecule has 1 atom stereocenters. The van der Waals surface area contributed by atoms with E-state index in [2.05, 4.69) is 17.2 Å². The van der Waals surface area contributed by atoms with Gasteiger partial charge in [0.05, 0.1) is 0 Å². The van der Waals surface area contributed by atoms with E-state index in [9.17, 15) is 9.59 Å². The average Bonchev–Trinajstić information content (AvgIpc) is 2.35. The number of nitrogens with two attached hydrogens (primary N) is 2. The minimum Gasteiger partial charge on any atom is -0.370 e. The van der Waals surface area contributed by atoms with Crippen LogP contribution in [0.2, 0.25) is 0 Å². The summed E-state index contributed by atoms with van der Waals surface area (Å²) in [7, 11) is 0. The first kappa shape index (κ1) is 14.9. The summed E-state index contributed by atoms with van der Waals surface area (Å²) in [6, 6.07) is 0.372. The minimum absolute atomic E-state index is 0.120. The fourth-order valence-electron chi connectivity index (χ4n) is 2.48. The predicted octanol–water partition coefficient (Wildman–Crippen LogP) is -0.268. The summed E-state index contributed by atoms with van der Waals surface area (Å²) in [5.41, 5.74) is 7.35. The third-order valence-corrected chi connectivity index (χ3v) is 3.71. The zero-order chi connectivity index (χ0) is 13.5. The molecule has 104 valence electrons. The van der Waals surface area contributed by atoms with Crippen molar-refractivity contribution in [3.63, 3.8) is 0 Å². The quantitative estimate of drug-likeness (QED) is 0.346. The Balaban J connectivity index is 2.25. The molecule has 1 heterocycles. The molecule has 0 aliphatic carbocycles. The SMILES string of the molecule is CC(CCC(=O)NN)N1CCC(CC(N)=O)CC1. The van der Waals surface area contributed by atoms with Crippen LogP contribution in [-0.4, -0.2) is 35.8 Å². The van der Waals surface area contributed by atoms with Gasteiger partial charge in [-0.1, -0.05) is 0 Å². The van der Waals surface area contributed by atoms with Crippen molar-refractivity contribution in [3.8, 4) is 0 Å². The first-order valence-electron chi connectivity index (χ1n) is 6.54. The zero-order valence-corrected chi connectivity index (χ0v) is 11.0. The molecule has 0 radical (unpaired) electrons. The highest BCUT2D eigenvalue weighted by Crippen LogP contribution is 2.22. The summed E-state index contributed by atoms with van der Waals surface area (Å²) >= 11 is 0. The molecule has 1 rings (SSSR count). The second-order valence-corrected chi connectivity index (χ2v) is 5.10. The Labute approximate surface area is 108 Å². The molecule has 2 amide bonds. The van der Waals surface area contributed by atoms with Crippen molar-refractivity contribution in [1.82, 2.24) is 10.3 Å². The molecular weight excluding hydrogens is 232 g/mol. The van der Waals surface area contributed by atoms with E-state index in [1.165, 1.54) is 0 Å². The van der Waals surface area contributed by atoms with E-state index in [1.807, 2.05) is 0 Å². The number of carbonyl (C=O) groups is 2. The van der Waals surface area contributed by atoms with Gasteiger partial charge in [0.2, 0.25) is 11.8 Å². The van der Waals surface area contributed by atoms with Gasteiger partial charge in [-0.2, -0.15) is 0 Å². The van der Waals surface area contributed by atoms with Crippen molar-refractivity contribution in [3.05, 3.63) is 0 Å². The Morgan fingerprint density at radius 2 is 2.00 bits per heavy atom. The van der Waals surface area contributed by atoms with Gasteiger partial charge < -0.3 is 10.6 Å². The number of carbonyl (C=O) groups excluding carboxylic acids is 2. The lowest BCUT2D eigenvalue weighted by Gasteiger charge is -2.35. The number of primary amides is 1. The highest BCUT2D eigenvalue weighted by atomic mass is 16.2. The molecule has 18 heavy (non-hydrogen) atoms. The van der Waals surface area contributed by atoms with Crippen LogP contribution in [0.5, 0.6) is 0 Å². The molecule has 6 heteroatoms. The van der Waals surface area contributed by atoms with Crippen LogP contribution < -0.4 is 17.0 Å². The maximum absolute atomic E-state index is 11.1. The second kappa shape index (κ2) is 7.33. The fraction of sp³-hybridized carbons (Fsp3) is 0.833. The number of amides is 2. The van der Waals surface area contributed by atoms with Crippen molar-refractivity contribution in [1.29, 1.82) is 0 Å². The van der Waals surface area contributed by atoms with Gasteiger partial charge >= 0.3 is 0 Å². The van der Waals surface area contributed by atoms with Gasteiger partial charge in [0.25, 0.3) is 0 Å². The van der Waals surface area contributed by atoms with Crippen molar-refractivity contribution >= 4 is 11.8 Å². The lowest BCUT2D eigenvalue weighted by atomic mass is 9.92. The topological polar surface area (TPSA) is 101 Å². The Bertz CT molecular complexity index is 288. The number of nitrogens with one attached hydrogen (secondary N) is 1. The lowest BCUT2D eigenvalue weighted by Crippen LogP contribution is -2.41. The van der Waals surface area contributed by atoms with Crippen LogP contribution >= 0.6 is 0 Å². The number of likely N-dealkylation sites (tertiary alicyclic amines) is 1. The number of rotatable bonds is 6.